The van der Waals surface area contributed by atoms with Gasteiger partial charge in [-0.05, 0) is 54.8 Å². The van der Waals surface area contributed by atoms with Crippen LogP contribution < -0.4 is 16.4 Å². The third kappa shape index (κ3) is 5.21. The number of amides is 3. The van der Waals surface area contributed by atoms with Crippen molar-refractivity contribution in [2.45, 2.75) is 13.3 Å². The van der Waals surface area contributed by atoms with Gasteiger partial charge in [-0.1, -0.05) is 25.1 Å². The van der Waals surface area contributed by atoms with Crippen molar-refractivity contribution < 1.29 is 9.59 Å². The van der Waals surface area contributed by atoms with Gasteiger partial charge in [-0.25, -0.2) is 4.79 Å². The van der Waals surface area contributed by atoms with Crippen LogP contribution in [-0.4, -0.2) is 36.5 Å². The van der Waals surface area contributed by atoms with Crippen LogP contribution in [0.5, 0.6) is 0 Å². The fourth-order valence-electron chi connectivity index (χ4n) is 3.06. The van der Waals surface area contributed by atoms with Crippen molar-refractivity contribution in [3.63, 3.8) is 0 Å². The number of hydrogen-bond donors (Lipinski definition) is 3. The molecule has 1 saturated heterocycles. The second-order valence-corrected chi connectivity index (χ2v) is 7.01. The summed E-state index contributed by atoms with van der Waals surface area (Å²) in [6.07, 6.45) is 0.925. The van der Waals surface area contributed by atoms with E-state index < -0.39 is 0 Å². The lowest BCUT2D eigenvalue weighted by Crippen LogP contribution is -2.34. The lowest BCUT2D eigenvalue weighted by atomic mass is 9.90. The van der Waals surface area contributed by atoms with E-state index in [2.05, 4.69) is 17.6 Å². The largest absolute Gasteiger partial charge is 0.338 e. The van der Waals surface area contributed by atoms with Crippen molar-refractivity contribution in [1.82, 2.24) is 4.90 Å². The first-order valence-corrected chi connectivity index (χ1v) is 8.72. The Morgan fingerprint density at radius 1 is 1.04 bits per heavy atom. The van der Waals surface area contributed by atoms with Crippen molar-refractivity contribution in [3.8, 4) is 0 Å². The number of benzene rings is 2. The molecular weight excluding hydrogens is 364 g/mol. The number of halogens is 1. The number of likely N-dealkylation sites (tertiary alicyclic amines) is 1. The first kappa shape index (κ1) is 20.7. The number of para-hydroxylation sites is 1. The molecule has 0 radical (unpaired) electrons. The van der Waals surface area contributed by atoms with Crippen LogP contribution in [0.3, 0.4) is 0 Å². The standard InChI is InChI=1S/C20H24N4O2.ClH/c1-20(13-21)11-12-24(14-20)18(25)15-7-9-17(10-8-15)23-19(26)22-16-5-3-2-4-6-16;/h2-10H,11-14,21H2,1H3,(H2,22,23,26);1H. The fraction of sp³-hybridized carbons (Fsp3) is 0.300. The Morgan fingerprint density at radius 2 is 1.63 bits per heavy atom. The average Bonchev–Trinajstić information content (AvgIpc) is 3.05. The highest BCUT2D eigenvalue weighted by atomic mass is 35.5. The van der Waals surface area contributed by atoms with E-state index in [4.69, 9.17) is 5.73 Å². The molecule has 0 aromatic heterocycles. The molecule has 1 aliphatic rings. The zero-order chi connectivity index (χ0) is 18.6. The van der Waals surface area contributed by atoms with Gasteiger partial charge in [0.2, 0.25) is 0 Å². The smallest absolute Gasteiger partial charge is 0.323 e. The number of nitrogens with two attached hydrogens (primary N) is 1. The van der Waals surface area contributed by atoms with E-state index in [0.29, 0.717) is 30.0 Å². The van der Waals surface area contributed by atoms with Crippen molar-refractivity contribution in [1.29, 1.82) is 0 Å². The van der Waals surface area contributed by atoms with Crippen LogP contribution >= 0.6 is 12.4 Å². The van der Waals surface area contributed by atoms with Gasteiger partial charge >= 0.3 is 6.03 Å². The molecule has 144 valence electrons. The summed E-state index contributed by atoms with van der Waals surface area (Å²) in [5.74, 6) is 0.00228. The maximum absolute atomic E-state index is 12.6. The molecule has 2 aromatic carbocycles. The minimum Gasteiger partial charge on any atom is -0.338 e. The number of hydrogen-bond acceptors (Lipinski definition) is 3. The molecule has 27 heavy (non-hydrogen) atoms. The minimum atomic E-state index is -0.325. The van der Waals surface area contributed by atoms with Gasteiger partial charge < -0.3 is 21.3 Å². The lowest BCUT2D eigenvalue weighted by molar-refractivity contribution is 0.0777. The minimum absolute atomic E-state index is 0. The highest BCUT2D eigenvalue weighted by Crippen LogP contribution is 2.29. The van der Waals surface area contributed by atoms with Gasteiger partial charge in [0.05, 0.1) is 0 Å². The number of rotatable bonds is 4. The van der Waals surface area contributed by atoms with Crippen LogP contribution in [0.15, 0.2) is 54.6 Å². The number of carbonyl (C=O) groups excluding carboxylic acids is 2. The zero-order valence-electron chi connectivity index (χ0n) is 15.3. The number of nitrogens with zero attached hydrogens (tertiary/aromatic N) is 1. The molecule has 1 aliphatic heterocycles. The van der Waals surface area contributed by atoms with Gasteiger partial charge in [-0.15, -0.1) is 12.4 Å². The SMILES string of the molecule is CC1(CN)CCN(C(=O)c2ccc(NC(=O)Nc3ccccc3)cc2)C1.Cl. The number of anilines is 2. The van der Waals surface area contributed by atoms with E-state index in [9.17, 15) is 9.59 Å². The Hall–Kier alpha value is -2.57. The van der Waals surface area contributed by atoms with Crippen molar-refractivity contribution >= 4 is 35.7 Å². The molecule has 1 heterocycles. The molecule has 6 nitrogen and oxygen atoms in total. The highest BCUT2D eigenvalue weighted by Gasteiger charge is 2.35. The van der Waals surface area contributed by atoms with Crippen LogP contribution in [0.4, 0.5) is 16.2 Å². The quantitative estimate of drug-likeness (QED) is 0.748. The Kier molecular flexibility index (Phi) is 6.82. The second kappa shape index (κ2) is 8.88. The van der Waals surface area contributed by atoms with E-state index >= 15 is 0 Å². The molecule has 0 saturated carbocycles. The normalized spacial score (nSPS) is 18.5. The summed E-state index contributed by atoms with van der Waals surface area (Å²) < 4.78 is 0. The summed E-state index contributed by atoms with van der Waals surface area (Å²) in [7, 11) is 0. The van der Waals surface area contributed by atoms with Crippen molar-refractivity contribution in [2.75, 3.05) is 30.3 Å². The molecular formula is C20H25ClN4O2. The summed E-state index contributed by atoms with van der Waals surface area (Å²) in [6.45, 7) is 4.10. The summed E-state index contributed by atoms with van der Waals surface area (Å²) in [4.78, 5) is 26.5. The Balaban J connectivity index is 0.00000261. The molecule has 2 aromatic rings. The maximum atomic E-state index is 12.6. The molecule has 0 spiro atoms. The Morgan fingerprint density at radius 3 is 2.19 bits per heavy atom. The molecule has 3 rings (SSSR count). The second-order valence-electron chi connectivity index (χ2n) is 7.01. The topological polar surface area (TPSA) is 87.5 Å². The summed E-state index contributed by atoms with van der Waals surface area (Å²) in [6, 6.07) is 15.8. The van der Waals surface area contributed by atoms with Crippen molar-refractivity contribution in [2.24, 2.45) is 11.1 Å². The van der Waals surface area contributed by atoms with Gasteiger partial charge in [-0.3, -0.25) is 4.79 Å². The van der Waals surface area contributed by atoms with Gasteiger partial charge in [0, 0.05) is 30.0 Å². The first-order chi connectivity index (χ1) is 12.5. The van der Waals surface area contributed by atoms with Gasteiger partial charge in [-0.2, -0.15) is 0 Å². The van der Waals surface area contributed by atoms with Gasteiger partial charge in [0.15, 0.2) is 0 Å². The van der Waals surface area contributed by atoms with Crippen molar-refractivity contribution in [3.05, 3.63) is 60.2 Å². The van der Waals surface area contributed by atoms with E-state index in [0.717, 1.165) is 13.0 Å². The maximum Gasteiger partial charge on any atom is 0.323 e. The van der Waals surface area contributed by atoms with E-state index in [1.165, 1.54) is 0 Å². The van der Waals surface area contributed by atoms with Crippen LogP contribution in [0, 0.1) is 5.41 Å². The number of urea groups is 1. The molecule has 3 amide bonds. The molecule has 4 N–H and O–H groups in total. The fourth-order valence-corrected chi connectivity index (χ4v) is 3.06. The Bertz CT molecular complexity index is 782. The summed E-state index contributed by atoms with van der Waals surface area (Å²) in [5.41, 5.74) is 7.77. The Labute approximate surface area is 165 Å². The van der Waals surface area contributed by atoms with E-state index in [1.54, 1.807) is 24.3 Å². The van der Waals surface area contributed by atoms with Crippen LogP contribution in [0.2, 0.25) is 0 Å². The monoisotopic (exact) mass is 388 g/mol. The van der Waals surface area contributed by atoms with Gasteiger partial charge in [0.1, 0.15) is 0 Å². The van der Waals surface area contributed by atoms with E-state index in [1.807, 2.05) is 35.2 Å². The molecule has 1 fully saturated rings. The first-order valence-electron chi connectivity index (χ1n) is 8.72. The molecule has 0 bridgehead atoms. The lowest BCUT2D eigenvalue weighted by Gasteiger charge is -2.22. The van der Waals surface area contributed by atoms with Crippen LogP contribution in [-0.2, 0) is 0 Å². The van der Waals surface area contributed by atoms with Crippen LogP contribution in [0.1, 0.15) is 23.7 Å². The van der Waals surface area contributed by atoms with Crippen LogP contribution in [0.25, 0.3) is 0 Å². The molecule has 1 unspecified atom stereocenters. The number of nitrogens with one attached hydrogen (secondary N) is 2. The van der Waals surface area contributed by atoms with Gasteiger partial charge in [0.25, 0.3) is 5.91 Å². The predicted molar refractivity (Wildman–Crippen MR) is 110 cm³/mol. The average molecular weight is 389 g/mol. The molecule has 0 aliphatic carbocycles. The zero-order valence-corrected chi connectivity index (χ0v) is 16.1. The summed E-state index contributed by atoms with van der Waals surface area (Å²) >= 11 is 0. The molecule has 7 heteroatoms. The molecule has 1 atom stereocenters. The van der Waals surface area contributed by atoms with E-state index in [-0.39, 0.29) is 29.8 Å². The predicted octanol–water partition coefficient (Wildman–Crippen LogP) is 3.56. The third-order valence-corrected chi connectivity index (χ3v) is 4.76. The summed E-state index contributed by atoms with van der Waals surface area (Å²) in [5, 5.41) is 5.51. The highest BCUT2D eigenvalue weighted by molar-refractivity contribution is 6.00. The third-order valence-electron chi connectivity index (χ3n) is 4.76. The number of carbonyl (C=O) groups is 2.